The van der Waals surface area contributed by atoms with Crippen LogP contribution in [-0.2, 0) is 9.59 Å². The normalized spacial score (nSPS) is 33.0. The van der Waals surface area contributed by atoms with Gasteiger partial charge in [-0.05, 0) is 12.8 Å². The van der Waals surface area contributed by atoms with E-state index in [2.05, 4.69) is 48.5 Å². The molecule has 2 amide bonds. The number of hydrogen-bond donors (Lipinski definition) is 5. The number of nitrogens with one attached hydrogen (secondary N) is 2. The van der Waals surface area contributed by atoms with Gasteiger partial charge in [0, 0.05) is 30.0 Å². The molecule has 0 aliphatic carbocycles. The molecule has 7 heteroatoms. The Morgan fingerprint density at radius 3 is 2.18 bits per heavy atom. The van der Waals surface area contributed by atoms with Gasteiger partial charge in [-0.25, -0.2) is 0 Å². The molecule has 0 bridgehead atoms. The van der Waals surface area contributed by atoms with Crippen LogP contribution in [0.4, 0.5) is 0 Å². The molecule has 2 N–H and O–H groups in total. The number of carbonyl (C=O) groups excluding carboxylic acids is 2. The first kappa shape index (κ1) is 15.0. The summed E-state index contributed by atoms with van der Waals surface area (Å²) in [5.41, 5.74) is 0. The summed E-state index contributed by atoms with van der Waals surface area (Å²) in [5.74, 6) is 0.167. The summed E-state index contributed by atoms with van der Waals surface area (Å²) in [7, 11) is 0. The monoisotopic (exact) mass is 294 g/mol. The average molecular weight is 294 g/mol. The molecule has 3 unspecified atom stereocenters. The van der Waals surface area contributed by atoms with Crippen LogP contribution in [0, 0.1) is 0 Å². The van der Waals surface area contributed by atoms with Gasteiger partial charge in [0.2, 0.25) is 11.8 Å². The molecule has 0 spiro atoms. The van der Waals surface area contributed by atoms with Gasteiger partial charge < -0.3 is 10.6 Å². The predicted octanol–water partition coefficient (Wildman–Crippen LogP) is 0.298. The van der Waals surface area contributed by atoms with E-state index in [-0.39, 0.29) is 22.3 Å². The highest BCUT2D eigenvalue weighted by Crippen LogP contribution is 2.15. The smallest absolute Gasteiger partial charge is 0.233 e. The summed E-state index contributed by atoms with van der Waals surface area (Å²) in [6.07, 6.45) is 2.49. The summed E-state index contributed by atoms with van der Waals surface area (Å²) in [5, 5.41) is 5.70. The van der Waals surface area contributed by atoms with E-state index in [1.807, 2.05) is 0 Å². The number of hydrogen-bond acceptors (Lipinski definition) is 5. The number of thiol groups is 3. The Labute approximate surface area is 118 Å². The fourth-order valence-electron chi connectivity index (χ4n) is 1.50. The molecule has 2 aliphatic rings. The fraction of sp³-hybridized carbons (Fsp3) is 0.800. The fourth-order valence-corrected chi connectivity index (χ4v) is 2.23. The molecule has 3 atom stereocenters. The molecule has 2 saturated heterocycles. The van der Waals surface area contributed by atoms with Crippen LogP contribution in [0.1, 0.15) is 19.3 Å². The van der Waals surface area contributed by atoms with Gasteiger partial charge in [-0.15, -0.1) is 0 Å². The van der Waals surface area contributed by atoms with Crippen LogP contribution in [0.5, 0.6) is 0 Å². The number of amides is 2. The van der Waals surface area contributed by atoms with Crippen molar-refractivity contribution in [1.82, 2.24) is 10.6 Å². The van der Waals surface area contributed by atoms with Crippen LogP contribution in [0.3, 0.4) is 0 Å². The highest BCUT2D eigenvalue weighted by atomic mass is 32.1. The minimum Gasteiger partial charge on any atom is -0.355 e. The minimum absolute atomic E-state index is 0.00424. The molecule has 4 nitrogen and oxygen atoms in total. The van der Waals surface area contributed by atoms with Gasteiger partial charge in [0.1, 0.15) is 0 Å². The summed E-state index contributed by atoms with van der Waals surface area (Å²) in [4.78, 5) is 21.2. The Hall–Kier alpha value is -0.0100. The summed E-state index contributed by atoms with van der Waals surface area (Å²) < 4.78 is 0. The van der Waals surface area contributed by atoms with Crippen molar-refractivity contribution in [2.24, 2.45) is 0 Å². The third-order valence-corrected chi connectivity index (χ3v) is 4.44. The van der Waals surface area contributed by atoms with Crippen LogP contribution >= 0.6 is 37.9 Å². The number of carbonyl (C=O) groups is 2. The second-order valence-corrected chi connectivity index (χ2v) is 6.04. The first-order chi connectivity index (χ1) is 8.00. The summed E-state index contributed by atoms with van der Waals surface area (Å²) >= 11 is 12.4. The summed E-state index contributed by atoms with van der Waals surface area (Å²) in [6, 6.07) is 0. The average Bonchev–Trinajstić information content (AvgIpc) is 2.31. The van der Waals surface area contributed by atoms with Crippen molar-refractivity contribution in [1.29, 1.82) is 0 Å². The van der Waals surface area contributed by atoms with Gasteiger partial charge in [0.05, 0.1) is 5.25 Å². The van der Waals surface area contributed by atoms with Gasteiger partial charge in [0.25, 0.3) is 0 Å². The van der Waals surface area contributed by atoms with Crippen LogP contribution in [0.25, 0.3) is 0 Å². The predicted molar refractivity (Wildman–Crippen MR) is 78.2 cm³/mol. The lowest BCUT2D eigenvalue weighted by atomic mass is 10.1. The van der Waals surface area contributed by atoms with Crippen LogP contribution in [-0.4, -0.2) is 40.7 Å². The zero-order valence-corrected chi connectivity index (χ0v) is 12.1. The van der Waals surface area contributed by atoms with Gasteiger partial charge >= 0.3 is 0 Å². The van der Waals surface area contributed by atoms with Gasteiger partial charge in [-0.1, -0.05) is 0 Å². The second-order valence-electron chi connectivity index (χ2n) is 4.09. The van der Waals surface area contributed by atoms with Gasteiger partial charge in [-0.3, -0.25) is 9.59 Å². The van der Waals surface area contributed by atoms with E-state index in [4.69, 9.17) is 0 Å². The maximum Gasteiger partial charge on any atom is 0.233 e. The molecular formula is C10H18N2O2S3. The molecule has 0 saturated carbocycles. The zero-order valence-electron chi connectivity index (χ0n) is 9.43. The van der Waals surface area contributed by atoms with E-state index in [0.717, 1.165) is 25.9 Å². The first-order valence-corrected chi connectivity index (χ1v) is 7.14. The van der Waals surface area contributed by atoms with Gasteiger partial charge in [-0.2, -0.15) is 37.9 Å². The SMILES string of the molecule is O=C1CCC(S)CN1.O=C1NCCC(S)C1S. The van der Waals surface area contributed by atoms with Crippen LogP contribution in [0.2, 0.25) is 0 Å². The van der Waals surface area contributed by atoms with Crippen molar-refractivity contribution in [2.75, 3.05) is 13.1 Å². The molecular weight excluding hydrogens is 276 g/mol. The lowest BCUT2D eigenvalue weighted by molar-refractivity contribution is -0.122. The quantitative estimate of drug-likeness (QED) is 0.417. The maximum atomic E-state index is 10.8. The maximum absolute atomic E-state index is 10.8. The van der Waals surface area contributed by atoms with Gasteiger partial charge in [0.15, 0.2) is 0 Å². The Bertz CT molecular complexity index is 279. The Morgan fingerprint density at radius 1 is 1.06 bits per heavy atom. The molecule has 0 radical (unpaired) electrons. The van der Waals surface area contributed by atoms with Crippen molar-refractivity contribution < 1.29 is 9.59 Å². The highest BCUT2D eigenvalue weighted by Gasteiger charge is 2.25. The molecule has 17 heavy (non-hydrogen) atoms. The zero-order chi connectivity index (χ0) is 12.8. The lowest BCUT2D eigenvalue weighted by Gasteiger charge is -2.23. The van der Waals surface area contributed by atoms with E-state index in [9.17, 15) is 9.59 Å². The third-order valence-electron chi connectivity index (χ3n) is 2.61. The van der Waals surface area contributed by atoms with E-state index in [0.29, 0.717) is 11.7 Å². The van der Waals surface area contributed by atoms with Crippen molar-refractivity contribution in [3.63, 3.8) is 0 Å². The largest absolute Gasteiger partial charge is 0.355 e. The molecule has 2 aliphatic heterocycles. The van der Waals surface area contributed by atoms with Crippen molar-refractivity contribution in [3.05, 3.63) is 0 Å². The van der Waals surface area contributed by atoms with E-state index in [1.165, 1.54) is 0 Å². The van der Waals surface area contributed by atoms with E-state index >= 15 is 0 Å². The topological polar surface area (TPSA) is 58.2 Å². The van der Waals surface area contributed by atoms with E-state index < -0.39 is 0 Å². The third kappa shape index (κ3) is 5.44. The minimum atomic E-state index is -0.220. The highest BCUT2D eigenvalue weighted by molar-refractivity contribution is 7.85. The standard InChI is InChI=1S/C5H9NOS2.C5H9NOS/c7-5-4(9)3(8)1-2-6-5;7-5-2-1-4(8)3-6-5/h3-4,8-9H,1-2H2,(H,6,7);4,8H,1-3H2,(H,6,7). The van der Waals surface area contributed by atoms with Crippen molar-refractivity contribution in [2.45, 2.75) is 35.0 Å². The molecule has 0 aromatic carbocycles. The molecule has 98 valence electrons. The Kier molecular flexibility index (Phi) is 6.58. The van der Waals surface area contributed by atoms with E-state index in [1.54, 1.807) is 0 Å². The molecule has 2 heterocycles. The summed E-state index contributed by atoms with van der Waals surface area (Å²) in [6.45, 7) is 1.48. The molecule has 2 fully saturated rings. The second kappa shape index (κ2) is 7.43. The van der Waals surface area contributed by atoms with Crippen LogP contribution in [0.15, 0.2) is 0 Å². The number of piperidine rings is 2. The lowest BCUT2D eigenvalue weighted by Crippen LogP contribution is -2.43. The molecule has 0 aromatic rings. The van der Waals surface area contributed by atoms with Crippen molar-refractivity contribution in [3.8, 4) is 0 Å². The first-order valence-electron chi connectivity index (χ1n) is 5.59. The van der Waals surface area contributed by atoms with Crippen molar-refractivity contribution >= 4 is 49.7 Å². The number of rotatable bonds is 0. The molecule has 0 aromatic heterocycles. The Balaban J connectivity index is 0.000000171. The Morgan fingerprint density at radius 2 is 1.76 bits per heavy atom. The van der Waals surface area contributed by atoms with Crippen LogP contribution < -0.4 is 10.6 Å². The molecule has 2 rings (SSSR count).